The molecular formula is C15H10Cl2FIN2. The number of hydrogen-bond acceptors (Lipinski definition) is 1. The minimum Gasteiger partial charge on any atom is -0.294 e. The summed E-state index contributed by atoms with van der Waals surface area (Å²) in [5.74, 6) is 0.573. The van der Waals surface area contributed by atoms with Crippen LogP contribution in [0.4, 0.5) is 4.39 Å². The third kappa shape index (κ3) is 2.64. The number of halogens is 4. The first-order chi connectivity index (χ1) is 10.0. The Bertz CT molecular complexity index is 845. The van der Waals surface area contributed by atoms with Crippen LogP contribution in [0.2, 0.25) is 5.02 Å². The first kappa shape index (κ1) is 15.1. The van der Waals surface area contributed by atoms with E-state index in [9.17, 15) is 4.39 Å². The summed E-state index contributed by atoms with van der Waals surface area (Å²) in [6.07, 6.45) is 0. The molecule has 1 aromatic heterocycles. The predicted molar refractivity (Wildman–Crippen MR) is 93.0 cm³/mol. The van der Waals surface area contributed by atoms with Crippen LogP contribution in [0.25, 0.3) is 16.7 Å². The fourth-order valence-corrected chi connectivity index (χ4v) is 3.22. The predicted octanol–water partition coefficient (Wildman–Crippen LogP) is 5.47. The number of fused-ring (bicyclic) bond motifs is 1. The van der Waals surface area contributed by atoms with Crippen LogP contribution in [0.15, 0.2) is 30.3 Å². The zero-order chi connectivity index (χ0) is 15.1. The summed E-state index contributed by atoms with van der Waals surface area (Å²) in [5, 5.41) is 0.583. The molecular weight excluding hydrogens is 425 g/mol. The van der Waals surface area contributed by atoms with Crippen molar-refractivity contribution in [1.29, 1.82) is 0 Å². The maximum absolute atomic E-state index is 13.9. The summed E-state index contributed by atoms with van der Waals surface area (Å²) < 4.78 is 16.2. The standard InChI is InChI=1S/C15H10Cl2FIN2/c1-8-2-3-13(9(17)4-8)21-14-5-10(18)11(19)6-12(14)20-15(21)7-16/h2-6H,7H2,1H3. The zero-order valence-corrected chi connectivity index (χ0v) is 14.7. The van der Waals surface area contributed by atoms with Gasteiger partial charge in [-0.05, 0) is 53.3 Å². The number of hydrogen-bond donors (Lipinski definition) is 0. The van der Waals surface area contributed by atoms with Gasteiger partial charge in [-0.25, -0.2) is 9.37 Å². The second kappa shape index (κ2) is 5.74. The molecule has 0 unspecified atom stereocenters. The van der Waals surface area contributed by atoms with Crippen LogP contribution >= 0.6 is 45.8 Å². The molecule has 0 atom stereocenters. The summed E-state index contributed by atoms with van der Waals surface area (Å²) >= 11 is 14.3. The molecule has 2 aromatic carbocycles. The molecule has 1 heterocycles. The maximum Gasteiger partial charge on any atom is 0.138 e. The lowest BCUT2D eigenvalue weighted by molar-refractivity contribution is 0.622. The molecule has 0 radical (unpaired) electrons. The van der Waals surface area contributed by atoms with Crippen molar-refractivity contribution in [2.75, 3.05) is 0 Å². The minimum absolute atomic E-state index is 0.219. The number of nitrogens with zero attached hydrogens (tertiary/aromatic N) is 2. The van der Waals surface area contributed by atoms with Gasteiger partial charge in [0.05, 0.1) is 31.2 Å². The van der Waals surface area contributed by atoms with Crippen molar-refractivity contribution >= 4 is 56.8 Å². The van der Waals surface area contributed by atoms with Gasteiger partial charge in [-0.3, -0.25) is 4.57 Å². The zero-order valence-electron chi connectivity index (χ0n) is 11.0. The molecule has 0 amide bonds. The Labute approximate surface area is 145 Å². The first-order valence-corrected chi connectivity index (χ1v) is 8.19. The number of alkyl halides is 1. The molecule has 0 N–H and O–H groups in total. The van der Waals surface area contributed by atoms with E-state index in [-0.39, 0.29) is 11.7 Å². The van der Waals surface area contributed by atoms with Gasteiger partial charge in [0.25, 0.3) is 0 Å². The Balaban J connectivity index is 2.37. The van der Waals surface area contributed by atoms with Crippen LogP contribution in [0.1, 0.15) is 11.4 Å². The third-order valence-electron chi connectivity index (χ3n) is 3.23. The topological polar surface area (TPSA) is 17.8 Å². The Hall–Kier alpha value is -0.850. The highest BCUT2D eigenvalue weighted by atomic mass is 127. The van der Waals surface area contributed by atoms with E-state index in [1.165, 1.54) is 6.07 Å². The normalized spacial score (nSPS) is 11.3. The molecule has 3 aromatic rings. The molecule has 3 rings (SSSR count). The van der Waals surface area contributed by atoms with Gasteiger partial charge in [0.1, 0.15) is 11.6 Å². The molecule has 0 bridgehead atoms. The summed E-state index contributed by atoms with van der Waals surface area (Å²) in [6.45, 7) is 1.96. The van der Waals surface area contributed by atoms with E-state index in [2.05, 4.69) is 4.98 Å². The van der Waals surface area contributed by atoms with E-state index in [1.54, 1.807) is 6.07 Å². The molecule has 0 aliphatic heterocycles. The van der Waals surface area contributed by atoms with Crippen molar-refractivity contribution in [2.24, 2.45) is 0 Å². The molecule has 0 spiro atoms. The van der Waals surface area contributed by atoms with Gasteiger partial charge in [0.2, 0.25) is 0 Å². The van der Waals surface area contributed by atoms with E-state index in [0.717, 1.165) is 11.3 Å². The number of imidazole rings is 1. The molecule has 108 valence electrons. The van der Waals surface area contributed by atoms with E-state index in [4.69, 9.17) is 23.2 Å². The van der Waals surface area contributed by atoms with Crippen LogP contribution in [0.3, 0.4) is 0 Å². The average Bonchev–Trinajstić information content (AvgIpc) is 2.77. The quantitative estimate of drug-likeness (QED) is 0.386. The monoisotopic (exact) mass is 434 g/mol. The Morgan fingerprint density at radius 2 is 2.05 bits per heavy atom. The van der Waals surface area contributed by atoms with Gasteiger partial charge in [0.15, 0.2) is 0 Å². The summed E-state index contributed by atoms with van der Waals surface area (Å²) in [5.41, 5.74) is 3.17. The van der Waals surface area contributed by atoms with Gasteiger partial charge in [-0.2, -0.15) is 0 Å². The minimum atomic E-state index is -0.284. The Morgan fingerprint density at radius 1 is 1.29 bits per heavy atom. The molecule has 0 aliphatic rings. The smallest absolute Gasteiger partial charge is 0.138 e. The second-order valence-corrected chi connectivity index (χ2v) is 6.54. The lowest BCUT2D eigenvalue weighted by Crippen LogP contribution is -2.00. The lowest BCUT2D eigenvalue weighted by atomic mass is 10.2. The van der Waals surface area contributed by atoms with Crippen LogP contribution in [-0.2, 0) is 5.88 Å². The average molecular weight is 435 g/mol. The molecule has 21 heavy (non-hydrogen) atoms. The van der Waals surface area contributed by atoms with E-state index in [1.807, 2.05) is 52.3 Å². The SMILES string of the molecule is Cc1ccc(-n2c(CCl)nc3cc(I)c(F)cc32)c(Cl)c1. The molecule has 0 saturated heterocycles. The van der Waals surface area contributed by atoms with Crippen molar-refractivity contribution in [3.63, 3.8) is 0 Å². The number of rotatable bonds is 2. The van der Waals surface area contributed by atoms with Crippen molar-refractivity contribution in [3.8, 4) is 5.69 Å². The highest BCUT2D eigenvalue weighted by Gasteiger charge is 2.16. The van der Waals surface area contributed by atoms with Crippen molar-refractivity contribution in [2.45, 2.75) is 12.8 Å². The first-order valence-electron chi connectivity index (χ1n) is 6.20. The van der Waals surface area contributed by atoms with Gasteiger partial charge in [-0.1, -0.05) is 17.7 Å². The van der Waals surface area contributed by atoms with Crippen LogP contribution in [-0.4, -0.2) is 9.55 Å². The van der Waals surface area contributed by atoms with Crippen molar-refractivity contribution in [1.82, 2.24) is 9.55 Å². The lowest BCUT2D eigenvalue weighted by Gasteiger charge is -2.10. The van der Waals surface area contributed by atoms with Crippen molar-refractivity contribution < 1.29 is 4.39 Å². The fourth-order valence-electron chi connectivity index (χ4n) is 2.27. The molecule has 0 saturated carbocycles. The Morgan fingerprint density at radius 3 is 2.71 bits per heavy atom. The largest absolute Gasteiger partial charge is 0.294 e. The maximum atomic E-state index is 13.9. The molecule has 6 heteroatoms. The van der Waals surface area contributed by atoms with Gasteiger partial charge < -0.3 is 0 Å². The van der Waals surface area contributed by atoms with Gasteiger partial charge in [-0.15, -0.1) is 11.6 Å². The Kier molecular flexibility index (Phi) is 4.12. The molecule has 2 nitrogen and oxygen atoms in total. The third-order valence-corrected chi connectivity index (χ3v) is 4.60. The van der Waals surface area contributed by atoms with Crippen LogP contribution in [0.5, 0.6) is 0 Å². The van der Waals surface area contributed by atoms with E-state index < -0.39 is 0 Å². The van der Waals surface area contributed by atoms with Crippen molar-refractivity contribution in [3.05, 3.63) is 56.1 Å². The summed E-state index contributed by atoms with van der Waals surface area (Å²) in [7, 11) is 0. The summed E-state index contributed by atoms with van der Waals surface area (Å²) in [6, 6.07) is 8.89. The van der Waals surface area contributed by atoms with Gasteiger partial charge in [0, 0.05) is 6.07 Å². The molecule has 0 fully saturated rings. The van der Waals surface area contributed by atoms with Gasteiger partial charge >= 0.3 is 0 Å². The van der Waals surface area contributed by atoms with E-state index >= 15 is 0 Å². The molecule has 0 aliphatic carbocycles. The number of benzene rings is 2. The van der Waals surface area contributed by atoms with Crippen LogP contribution in [0, 0.1) is 16.3 Å². The van der Waals surface area contributed by atoms with Crippen LogP contribution < -0.4 is 0 Å². The highest BCUT2D eigenvalue weighted by Crippen LogP contribution is 2.30. The van der Waals surface area contributed by atoms with E-state index in [0.29, 0.717) is 25.5 Å². The fraction of sp³-hybridized carbons (Fsp3) is 0.133. The summed E-state index contributed by atoms with van der Waals surface area (Å²) in [4.78, 5) is 4.47. The number of aryl methyl sites for hydroxylation is 1. The highest BCUT2D eigenvalue weighted by molar-refractivity contribution is 14.1. The second-order valence-electron chi connectivity index (χ2n) is 4.71. The number of aromatic nitrogens is 2.